The van der Waals surface area contributed by atoms with Crippen molar-refractivity contribution in [3.63, 3.8) is 0 Å². The van der Waals surface area contributed by atoms with Gasteiger partial charge in [-0.25, -0.2) is 4.39 Å². The smallest absolute Gasteiger partial charge is 0.123 e. The number of hydrogen-bond donors (Lipinski definition) is 1. The quantitative estimate of drug-likeness (QED) is 0.793. The maximum atomic E-state index is 12.9. The number of hydrogen-bond acceptors (Lipinski definition) is 1. The fourth-order valence-electron chi connectivity index (χ4n) is 3.80. The van der Waals surface area contributed by atoms with Crippen LogP contribution in [-0.2, 0) is 0 Å². The van der Waals surface area contributed by atoms with Crippen LogP contribution in [0.1, 0.15) is 63.4 Å². The molecule has 0 aliphatic heterocycles. The van der Waals surface area contributed by atoms with E-state index in [4.69, 9.17) is 0 Å². The highest BCUT2D eigenvalue weighted by atomic mass is 19.1. The van der Waals surface area contributed by atoms with Crippen LogP contribution in [0.2, 0.25) is 0 Å². The van der Waals surface area contributed by atoms with E-state index in [2.05, 4.69) is 12.2 Å². The van der Waals surface area contributed by atoms with Crippen LogP contribution in [0, 0.1) is 11.7 Å². The molecule has 0 spiro atoms. The van der Waals surface area contributed by atoms with Crippen LogP contribution in [-0.4, -0.2) is 12.1 Å². The van der Waals surface area contributed by atoms with Gasteiger partial charge in [-0.1, -0.05) is 38.3 Å². The molecule has 1 aromatic rings. The summed E-state index contributed by atoms with van der Waals surface area (Å²) in [6.45, 7) is 2.40. The molecule has 0 saturated heterocycles. The first-order valence-corrected chi connectivity index (χ1v) is 8.24. The van der Waals surface area contributed by atoms with Crippen molar-refractivity contribution in [2.75, 3.05) is 0 Å². The van der Waals surface area contributed by atoms with E-state index in [0.717, 1.165) is 12.0 Å². The van der Waals surface area contributed by atoms with Crippen LogP contribution in [0.3, 0.4) is 0 Å². The molecule has 0 heterocycles. The number of nitrogens with one attached hydrogen (secondary N) is 1. The third kappa shape index (κ3) is 3.22. The summed E-state index contributed by atoms with van der Waals surface area (Å²) in [6.07, 6.45) is 9.36. The molecule has 1 aromatic carbocycles. The summed E-state index contributed by atoms with van der Waals surface area (Å²) >= 11 is 0. The summed E-state index contributed by atoms with van der Waals surface area (Å²) in [6, 6.07) is 8.47. The fraction of sp³-hybridized carbons (Fsp3) is 0.667. The standard InChI is InChI=1S/C18H26FN/c1-13-5-3-2-4-6-18(13)20-17-11-15(12-17)14-7-9-16(19)10-8-14/h7-10,13,15,17-18,20H,2-6,11-12H2,1H3. The molecule has 2 aliphatic rings. The molecule has 0 amide bonds. The zero-order valence-electron chi connectivity index (χ0n) is 12.4. The van der Waals surface area contributed by atoms with Gasteiger partial charge in [-0.2, -0.15) is 0 Å². The Morgan fingerprint density at radius 1 is 1.00 bits per heavy atom. The van der Waals surface area contributed by atoms with Gasteiger partial charge < -0.3 is 5.32 Å². The summed E-state index contributed by atoms with van der Waals surface area (Å²) in [5.74, 6) is 1.33. The van der Waals surface area contributed by atoms with Crippen molar-refractivity contribution in [1.29, 1.82) is 0 Å². The van der Waals surface area contributed by atoms with Gasteiger partial charge in [0.05, 0.1) is 0 Å². The van der Waals surface area contributed by atoms with E-state index in [9.17, 15) is 4.39 Å². The number of rotatable bonds is 3. The lowest BCUT2D eigenvalue weighted by molar-refractivity contribution is 0.228. The number of benzene rings is 1. The predicted molar refractivity (Wildman–Crippen MR) is 81.3 cm³/mol. The first-order valence-electron chi connectivity index (χ1n) is 8.24. The molecule has 3 rings (SSSR count). The Morgan fingerprint density at radius 2 is 1.70 bits per heavy atom. The molecule has 20 heavy (non-hydrogen) atoms. The minimum atomic E-state index is -0.130. The van der Waals surface area contributed by atoms with Gasteiger partial charge in [0.1, 0.15) is 5.82 Å². The summed E-state index contributed by atoms with van der Waals surface area (Å²) in [5, 5.41) is 3.88. The first kappa shape index (κ1) is 14.1. The average molecular weight is 275 g/mol. The van der Waals surface area contributed by atoms with E-state index in [1.165, 1.54) is 50.5 Å². The van der Waals surface area contributed by atoms with Gasteiger partial charge in [0.2, 0.25) is 0 Å². The molecule has 0 radical (unpaired) electrons. The zero-order valence-corrected chi connectivity index (χ0v) is 12.4. The molecule has 2 atom stereocenters. The largest absolute Gasteiger partial charge is 0.311 e. The van der Waals surface area contributed by atoms with Crippen LogP contribution in [0.5, 0.6) is 0 Å². The van der Waals surface area contributed by atoms with E-state index in [-0.39, 0.29) is 5.82 Å². The molecular weight excluding hydrogens is 249 g/mol. The lowest BCUT2D eigenvalue weighted by Crippen LogP contribution is -2.47. The lowest BCUT2D eigenvalue weighted by Gasteiger charge is -2.40. The van der Waals surface area contributed by atoms with E-state index in [1.54, 1.807) is 12.1 Å². The highest BCUT2D eigenvalue weighted by molar-refractivity contribution is 5.23. The van der Waals surface area contributed by atoms with Gasteiger partial charge in [0, 0.05) is 12.1 Å². The van der Waals surface area contributed by atoms with Crippen LogP contribution in [0.4, 0.5) is 4.39 Å². The van der Waals surface area contributed by atoms with E-state index in [1.807, 2.05) is 12.1 Å². The Morgan fingerprint density at radius 3 is 2.45 bits per heavy atom. The molecular formula is C18H26FN. The summed E-state index contributed by atoms with van der Waals surface area (Å²) < 4.78 is 12.9. The maximum Gasteiger partial charge on any atom is 0.123 e. The highest BCUT2D eigenvalue weighted by Crippen LogP contribution is 2.38. The molecule has 2 fully saturated rings. The average Bonchev–Trinajstić information content (AvgIpc) is 2.60. The maximum absolute atomic E-state index is 12.9. The van der Waals surface area contributed by atoms with Crippen molar-refractivity contribution in [2.45, 2.75) is 69.9 Å². The molecule has 2 heteroatoms. The third-order valence-corrected chi connectivity index (χ3v) is 5.29. The van der Waals surface area contributed by atoms with Crippen molar-refractivity contribution >= 4 is 0 Å². The molecule has 110 valence electrons. The molecule has 0 bridgehead atoms. The Balaban J connectivity index is 1.49. The molecule has 2 aliphatic carbocycles. The Labute approximate surface area is 122 Å². The predicted octanol–water partition coefficient (Wildman–Crippen LogP) is 4.63. The van der Waals surface area contributed by atoms with Crippen LogP contribution in [0.25, 0.3) is 0 Å². The lowest BCUT2D eigenvalue weighted by atomic mass is 9.75. The van der Waals surface area contributed by atoms with Crippen LogP contribution < -0.4 is 5.32 Å². The number of halogens is 1. The first-order chi connectivity index (χ1) is 9.72. The Bertz CT molecular complexity index is 422. The second kappa shape index (κ2) is 6.26. The molecule has 2 saturated carbocycles. The molecule has 1 N–H and O–H groups in total. The van der Waals surface area contributed by atoms with Crippen molar-refractivity contribution in [3.8, 4) is 0 Å². The van der Waals surface area contributed by atoms with Gasteiger partial charge in [-0.05, 0) is 55.2 Å². The highest BCUT2D eigenvalue weighted by Gasteiger charge is 2.32. The van der Waals surface area contributed by atoms with E-state index in [0.29, 0.717) is 12.0 Å². The van der Waals surface area contributed by atoms with Gasteiger partial charge in [0.25, 0.3) is 0 Å². The second-order valence-electron chi connectivity index (χ2n) is 6.81. The third-order valence-electron chi connectivity index (χ3n) is 5.29. The minimum Gasteiger partial charge on any atom is -0.311 e. The van der Waals surface area contributed by atoms with E-state index < -0.39 is 0 Å². The van der Waals surface area contributed by atoms with E-state index >= 15 is 0 Å². The second-order valence-corrected chi connectivity index (χ2v) is 6.81. The molecule has 2 unspecified atom stereocenters. The van der Waals surface area contributed by atoms with Crippen molar-refractivity contribution in [3.05, 3.63) is 35.6 Å². The van der Waals surface area contributed by atoms with Gasteiger partial charge in [-0.15, -0.1) is 0 Å². The van der Waals surface area contributed by atoms with Gasteiger partial charge in [0.15, 0.2) is 0 Å². The Hall–Kier alpha value is -0.890. The van der Waals surface area contributed by atoms with Crippen LogP contribution in [0.15, 0.2) is 24.3 Å². The minimum absolute atomic E-state index is 0.130. The normalized spacial score (nSPS) is 34.3. The molecule has 0 aromatic heterocycles. The Kier molecular flexibility index (Phi) is 4.40. The van der Waals surface area contributed by atoms with Gasteiger partial charge in [-0.3, -0.25) is 0 Å². The molecule has 1 nitrogen and oxygen atoms in total. The van der Waals surface area contributed by atoms with Crippen molar-refractivity contribution < 1.29 is 4.39 Å². The monoisotopic (exact) mass is 275 g/mol. The summed E-state index contributed by atoms with van der Waals surface area (Å²) in [4.78, 5) is 0. The van der Waals surface area contributed by atoms with Crippen molar-refractivity contribution in [2.24, 2.45) is 5.92 Å². The summed E-state index contributed by atoms with van der Waals surface area (Å²) in [7, 11) is 0. The SMILES string of the molecule is CC1CCCCCC1NC1CC(c2ccc(F)cc2)C1. The summed E-state index contributed by atoms with van der Waals surface area (Å²) in [5.41, 5.74) is 1.30. The topological polar surface area (TPSA) is 12.0 Å². The van der Waals surface area contributed by atoms with Crippen LogP contribution >= 0.6 is 0 Å². The fourth-order valence-corrected chi connectivity index (χ4v) is 3.80. The van der Waals surface area contributed by atoms with Crippen molar-refractivity contribution in [1.82, 2.24) is 5.32 Å². The zero-order chi connectivity index (χ0) is 13.9. The van der Waals surface area contributed by atoms with Gasteiger partial charge >= 0.3 is 0 Å².